The highest BCUT2D eigenvalue weighted by molar-refractivity contribution is 6.25. The number of hydrogen-bond donors (Lipinski definition) is 3. The van der Waals surface area contributed by atoms with Crippen molar-refractivity contribution in [3.8, 4) is 5.69 Å². The number of nitrogens with one attached hydrogen (secondary N) is 2. The van der Waals surface area contributed by atoms with Gasteiger partial charge in [0.15, 0.2) is 5.78 Å². The van der Waals surface area contributed by atoms with E-state index < -0.39 is 23.2 Å². The lowest BCUT2D eigenvalue weighted by Gasteiger charge is -2.13. The molecule has 0 atom stereocenters. The van der Waals surface area contributed by atoms with Gasteiger partial charge in [-0.1, -0.05) is 30.3 Å². The highest BCUT2D eigenvalue weighted by Gasteiger charge is 2.27. The van der Waals surface area contributed by atoms with Gasteiger partial charge in [-0.2, -0.15) is 0 Å². The van der Waals surface area contributed by atoms with E-state index >= 15 is 0 Å². The summed E-state index contributed by atoms with van der Waals surface area (Å²) in [7, 11) is 0. The Bertz CT molecular complexity index is 1270. The molecule has 8 nitrogen and oxygen atoms in total. The molecule has 0 aliphatic rings. The van der Waals surface area contributed by atoms with Crippen LogP contribution in [0.2, 0.25) is 0 Å². The number of H-pyrrole nitrogens is 1. The summed E-state index contributed by atoms with van der Waals surface area (Å²) < 4.78 is 1.34. The number of likely N-dealkylation sites (N-methyl/N-ethyl adjacent to an activating group) is 1. The average Bonchev–Trinajstić information content (AvgIpc) is 3.06. The van der Waals surface area contributed by atoms with Crippen molar-refractivity contribution >= 4 is 23.2 Å². The van der Waals surface area contributed by atoms with Crippen LogP contribution in [0.1, 0.15) is 41.0 Å². The summed E-state index contributed by atoms with van der Waals surface area (Å²) in [5.74, 6) is -2.23. The molecule has 0 bridgehead atoms. The minimum Gasteiger partial charge on any atom is -0.478 e. The lowest BCUT2D eigenvalue weighted by Crippen LogP contribution is -2.29. The molecule has 0 spiro atoms. The maximum Gasteiger partial charge on any atom is 0.335 e. The van der Waals surface area contributed by atoms with Gasteiger partial charge in [0.1, 0.15) is 0 Å². The first kappa shape index (κ1) is 22.5. The van der Waals surface area contributed by atoms with Gasteiger partial charge >= 0.3 is 5.97 Å². The van der Waals surface area contributed by atoms with Crippen molar-refractivity contribution in [3.05, 3.63) is 92.9 Å². The topological polar surface area (TPSA) is 121 Å². The third-order valence-corrected chi connectivity index (χ3v) is 4.92. The summed E-state index contributed by atoms with van der Waals surface area (Å²) in [6.07, 6.45) is 0. The van der Waals surface area contributed by atoms with Gasteiger partial charge in [0.2, 0.25) is 0 Å². The van der Waals surface area contributed by atoms with E-state index in [2.05, 4.69) is 10.4 Å². The Labute approximate surface area is 184 Å². The van der Waals surface area contributed by atoms with E-state index in [1.165, 1.54) is 35.9 Å². The smallest absolute Gasteiger partial charge is 0.335 e. The van der Waals surface area contributed by atoms with Crippen molar-refractivity contribution in [2.75, 3.05) is 6.54 Å². The average molecular weight is 433 g/mol. The van der Waals surface area contributed by atoms with Gasteiger partial charge in [-0.3, -0.25) is 19.5 Å². The SMILES string of the molecule is CCNC(=O)/C(C(C)=O)=C(/c1ccc(C(=O)O)cc1)c1c(C)[nH]n(-c2ccccc2)c1=O. The molecule has 164 valence electrons. The summed E-state index contributed by atoms with van der Waals surface area (Å²) in [5, 5.41) is 14.8. The monoisotopic (exact) mass is 433 g/mol. The van der Waals surface area contributed by atoms with E-state index in [4.69, 9.17) is 0 Å². The fraction of sp³-hybridized carbons (Fsp3) is 0.167. The maximum absolute atomic E-state index is 13.4. The fourth-order valence-electron chi connectivity index (χ4n) is 3.49. The number of benzene rings is 2. The summed E-state index contributed by atoms with van der Waals surface area (Å²) >= 11 is 0. The number of aromatic amines is 1. The van der Waals surface area contributed by atoms with E-state index in [9.17, 15) is 24.3 Å². The zero-order valence-electron chi connectivity index (χ0n) is 17.9. The standard InChI is InChI=1S/C24H23N3O5/c1-4-25-22(29)20(15(3)28)21(16-10-12-17(13-11-16)24(31)32)19-14(2)26-27(23(19)30)18-8-6-5-7-9-18/h5-13,26H,4H2,1-3H3,(H,25,29)(H,31,32)/b21-20-. The Morgan fingerprint density at radius 1 is 1.00 bits per heavy atom. The Balaban J connectivity index is 2.36. The number of carbonyl (C=O) groups excluding carboxylic acids is 2. The molecular weight excluding hydrogens is 410 g/mol. The van der Waals surface area contributed by atoms with Crippen LogP contribution in [0.25, 0.3) is 11.3 Å². The van der Waals surface area contributed by atoms with Crippen molar-refractivity contribution < 1.29 is 19.5 Å². The van der Waals surface area contributed by atoms with Gasteiger partial charge in [-0.25, -0.2) is 9.48 Å². The number of aryl methyl sites for hydroxylation is 1. The second-order valence-corrected chi connectivity index (χ2v) is 7.14. The van der Waals surface area contributed by atoms with Crippen LogP contribution in [0.5, 0.6) is 0 Å². The molecule has 3 N–H and O–H groups in total. The Kier molecular flexibility index (Phi) is 6.53. The minimum absolute atomic E-state index is 0.0444. The Morgan fingerprint density at radius 2 is 1.59 bits per heavy atom. The van der Waals surface area contributed by atoms with Gasteiger partial charge < -0.3 is 10.4 Å². The molecule has 8 heteroatoms. The second kappa shape index (κ2) is 9.30. The number of ketones is 1. The number of hydrogen-bond acceptors (Lipinski definition) is 4. The molecule has 0 aliphatic carbocycles. The molecule has 0 fully saturated rings. The van der Waals surface area contributed by atoms with Crippen molar-refractivity contribution in [3.63, 3.8) is 0 Å². The van der Waals surface area contributed by atoms with Gasteiger partial charge in [0.05, 0.1) is 22.4 Å². The molecule has 0 radical (unpaired) electrons. The summed E-state index contributed by atoms with van der Waals surface area (Å²) in [6, 6.07) is 14.6. The fourth-order valence-corrected chi connectivity index (χ4v) is 3.49. The number of para-hydroxylation sites is 1. The Morgan fingerprint density at radius 3 is 2.12 bits per heavy atom. The van der Waals surface area contributed by atoms with Gasteiger partial charge in [-0.15, -0.1) is 0 Å². The third kappa shape index (κ3) is 4.29. The number of nitrogens with zero attached hydrogens (tertiary/aromatic N) is 1. The zero-order chi connectivity index (χ0) is 23.4. The molecule has 1 heterocycles. The van der Waals surface area contributed by atoms with Crippen LogP contribution in [0.3, 0.4) is 0 Å². The number of Topliss-reactive ketones (excluding diaryl/α,β-unsaturated/α-hetero) is 1. The first-order valence-corrected chi connectivity index (χ1v) is 10.0. The van der Waals surface area contributed by atoms with Crippen LogP contribution in [0.4, 0.5) is 0 Å². The number of rotatable bonds is 7. The quantitative estimate of drug-likeness (QED) is 0.301. The number of aromatic carboxylic acids is 1. The zero-order valence-corrected chi connectivity index (χ0v) is 17.9. The van der Waals surface area contributed by atoms with Gasteiger partial charge in [0.25, 0.3) is 11.5 Å². The predicted molar refractivity (Wildman–Crippen MR) is 120 cm³/mol. The lowest BCUT2D eigenvalue weighted by atomic mass is 9.90. The number of carboxylic acids is 1. The van der Waals surface area contributed by atoms with Crippen LogP contribution >= 0.6 is 0 Å². The third-order valence-electron chi connectivity index (χ3n) is 4.92. The number of carboxylic acid groups (broad SMARTS) is 1. The highest BCUT2D eigenvalue weighted by atomic mass is 16.4. The normalized spacial score (nSPS) is 11.6. The highest BCUT2D eigenvalue weighted by Crippen LogP contribution is 2.28. The summed E-state index contributed by atoms with van der Waals surface area (Å²) in [4.78, 5) is 50.2. The van der Waals surface area contributed by atoms with E-state index in [0.717, 1.165) is 0 Å². The van der Waals surface area contributed by atoms with Crippen LogP contribution in [-0.4, -0.2) is 39.1 Å². The van der Waals surface area contributed by atoms with E-state index in [1.54, 1.807) is 38.1 Å². The van der Waals surface area contributed by atoms with E-state index in [1.807, 2.05) is 6.07 Å². The molecule has 0 saturated carbocycles. The Hall–Kier alpha value is -4.20. The van der Waals surface area contributed by atoms with Gasteiger partial charge in [0, 0.05) is 17.8 Å². The van der Waals surface area contributed by atoms with Crippen LogP contribution in [0.15, 0.2) is 65.0 Å². The van der Waals surface area contributed by atoms with Crippen LogP contribution in [-0.2, 0) is 9.59 Å². The van der Waals surface area contributed by atoms with E-state index in [-0.39, 0.29) is 22.3 Å². The van der Waals surface area contributed by atoms with E-state index in [0.29, 0.717) is 23.5 Å². The molecule has 32 heavy (non-hydrogen) atoms. The maximum atomic E-state index is 13.4. The number of aromatic nitrogens is 2. The molecule has 0 saturated heterocycles. The van der Waals surface area contributed by atoms with Gasteiger partial charge in [-0.05, 0) is 50.6 Å². The first-order valence-electron chi connectivity index (χ1n) is 10.0. The first-order chi connectivity index (χ1) is 15.3. The number of amides is 1. The molecule has 0 unspecified atom stereocenters. The minimum atomic E-state index is -1.11. The summed E-state index contributed by atoms with van der Waals surface area (Å²) in [5.41, 5.74) is 1.17. The molecule has 0 aliphatic heterocycles. The lowest BCUT2D eigenvalue weighted by molar-refractivity contribution is -0.121. The van der Waals surface area contributed by atoms with Crippen LogP contribution < -0.4 is 10.9 Å². The molecule has 1 aromatic heterocycles. The molecule has 1 amide bonds. The van der Waals surface area contributed by atoms with Crippen molar-refractivity contribution in [2.45, 2.75) is 20.8 Å². The van der Waals surface area contributed by atoms with Crippen molar-refractivity contribution in [2.24, 2.45) is 0 Å². The second-order valence-electron chi connectivity index (χ2n) is 7.14. The summed E-state index contributed by atoms with van der Waals surface area (Å²) in [6.45, 7) is 4.95. The predicted octanol–water partition coefficient (Wildman–Crippen LogP) is 2.70. The largest absolute Gasteiger partial charge is 0.478 e. The molecule has 3 rings (SSSR count). The molecule has 3 aromatic rings. The molecule has 2 aromatic carbocycles. The number of carbonyl (C=O) groups is 3. The van der Waals surface area contributed by atoms with Crippen molar-refractivity contribution in [1.29, 1.82) is 0 Å². The van der Waals surface area contributed by atoms with Crippen molar-refractivity contribution in [1.82, 2.24) is 15.1 Å². The molecular formula is C24H23N3O5. The van der Waals surface area contributed by atoms with Crippen LogP contribution in [0, 0.1) is 6.92 Å².